The third kappa shape index (κ3) is 4.35. The molecule has 0 bridgehead atoms. The summed E-state index contributed by atoms with van der Waals surface area (Å²) in [5, 5.41) is 10.5. The first-order valence-corrected chi connectivity index (χ1v) is 21.7. The summed E-state index contributed by atoms with van der Waals surface area (Å²) in [4.78, 5) is 2.40. The van der Waals surface area contributed by atoms with Gasteiger partial charge in [-0.25, -0.2) is 0 Å². The molecule has 0 aliphatic carbocycles. The minimum Gasteiger partial charge on any atom is -0.456 e. The van der Waals surface area contributed by atoms with Crippen molar-refractivity contribution in [1.29, 1.82) is 0 Å². The minimum atomic E-state index is -2.01. The Morgan fingerprint density at radius 1 is 0.481 bits per heavy atom. The van der Waals surface area contributed by atoms with Gasteiger partial charge in [0.2, 0.25) is 0 Å². The highest BCUT2D eigenvalue weighted by Crippen LogP contribution is 2.44. The predicted molar refractivity (Wildman–Crippen MR) is 226 cm³/mol. The smallest absolute Gasteiger partial charge is 0.137 e. The number of fused-ring (bicyclic) bond motifs is 11. The molecule has 4 heteroatoms. The van der Waals surface area contributed by atoms with E-state index in [-0.39, 0.29) is 0 Å². The Morgan fingerprint density at radius 2 is 1.15 bits per heavy atom. The second-order valence-corrected chi connectivity index (χ2v) is 19.9. The van der Waals surface area contributed by atoms with Crippen molar-refractivity contribution >= 4 is 99.7 Å². The zero-order valence-electron chi connectivity index (χ0n) is 28.9. The Kier molecular flexibility index (Phi) is 6.31. The molecular weight excluding hydrogens is 667 g/mol. The molecule has 0 N–H and O–H groups in total. The standard InChI is InChI=1S/C48H33NOSSi/c1-52(2)45-26-25-40-39-12-6-8-14-44(39)51-48(40)47(45)41-24-22-36(29-46(41)52)49(35-21-23-38-37-11-5-7-13-42(37)50-43(38)28-35)34-19-17-31(18-20-34)33-16-15-30-9-3-4-10-32(30)27-33/h3-29H,1-2H3. The van der Waals surface area contributed by atoms with Gasteiger partial charge in [-0.3, -0.25) is 0 Å². The third-order valence-corrected chi connectivity index (χ3v) is 16.0. The number of hydrogen-bond acceptors (Lipinski definition) is 3. The van der Waals surface area contributed by atoms with Gasteiger partial charge in [0.1, 0.15) is 19.2 Å². The minimum absolute atomic E-state index is 0.895. The van der Waals surface area contributed by atoms with Crippen LogP contribution in [0.4, 0.5) is 17.1 Å². The van der Waals surface area contributed by atoms with E-state index in [0.717, 1.165) is 39.0 Å². The van der Waals surface area contributed by atoms with Crippen molar-refractivity contribution in [1.82, 2.24) is 0 Å². The van der Waals surface area contributed by atoms with Gasteiger partial charge in [0.25, 0.3) is 0 Å². The number of rotatable bonds is 4. The summed E-state index contributed by atoms with van der Waals surface area (Å²) in [5.74, 6) is 0. The summed E-state index contributed by atoms with van der Waals surface area (Å²) in [5.41, 5.74) is 10.4. The van der Waals surface area contributed by atoms with Crippen LogP contribution in [0.3, 0.4) is 0 Å². The second-order valence-electron chi connectivity index (χ2n) is 14.5. The summed E-state index contributed by atoms with van der Waals surface area (Å²) < 4.78 is 9.20. The molecule has 10 aromatic rings. The third-order valence-electron chi connectivity index (χ3n) is 11.3. The van der Waals surface area contributed by atoms with Crippen LogP contribution in [0, 0.1) is 0 Å². The highest BCUT2D eigenvalue weighted by molar-refractivity contribution is 7.26. The van der Waals surface area contributed by atoms with Crippen LogP contribution in [0.15, 0.2) is 168 Å². The maximum atomic E-state index is 6.42. The molecule has 0 saturated heterocycles. The average Bonchev–Trinajstić information content (AvgIpc) is 3.82. The number of furan rings is 1. The van der Waals surface area contributed by atoms with Crippen LogP contribution in [0.25, 0.3) is 75.1 Å². The number of benzene rings is 8. The van der Waals surface area contributed by atoms with E-state index in [4.69, 9.17) is 4.42 Å². The summed E-state index contributed by atoms with van der Waals surface area (Å²) in [7, 11) is -2.01. The van der Waals surface area contributed by atoms with Crippen LogP contribution >= 0.6 is 11.3 Å². The van der Waals surface area contributed by atoms with Crippen LogP contribution in [0.5, 0.6) is 0 Å². The topological polar surface area (TPSA) is 16.4 Å². The number of anilines is 3. The fraction of sp³-hybridized carbons (Fsp3) is 0.0417. The average molecular weight is 700 g/mol. The lowest BCUT2D eigenvalue weighted by Gasteiger charge is -2.27. The second kappa shape index (κ2) is 11.0. The van der Waals surface area contributed by atoms with Gasteiger partial charge >= 0.3 is 0 Å². The van der Waals surface area contributed by atoms with Gasteiger partial charge in [0.05, 0.1) is 0 Å². The van der Waals surface area contributed by atoms with Crippen molar-refractivity contribution in [3.05, 3.63) is 164 Å². The molecule has 2 nitrogen and oxygen atoms in total. The van der Waals surface area contributed by atoms with Crippen molar-refractivity contribution in [3.8, 4) is 22.3 Å². The molecule has 11 rings (SSSR count). The van der Waals surface area contributed by atoms with E-state index in [9.17, 15) is 0 Å². The molecule has 0 radical (unpaired) electrons. The molecule has 52 heavy (non-hydrogen) atoms. The lowest BCUT2D eigenvalue weighted by molar-refractivity contribution is 0.669. The Hall–Kier alpha value is -5.94. The number of nitrogens with zero attached hydrogens (tertiary/aromatic N) is 1. The molecule has 8 aromatic carbocycles. The van der Waals surface area contributed by atoms with E-state index in [2.05, 4.69) is 176 Å². The van der Waals surface area contributed by atoms with Gasteiger partial charge in [0.15, 0.2) is 0 Å². The Balaban J connectivity index is 1.08. The van der Waals surface area contributed by atoms with Gasteiger partial charge in [-0.2, -0.15) is 0 Å². The molecule has 0 saturated carbocycles. The van der Waals surface area contributed by atoms with Crippen molar-refractivity contribution in [2.24, 2.45) is 0 Å². The number of thiophene rings is 1. The van der Waals surface area contributed by atoms with Gasteiger partial charge < -0.3 is 9.32 Å². The first kappa shape index (κ1) is 29.8. The SMILES string of the molecule is C[Si]1(C)c2cc(N(c3ccc(-c4ccc5ccccc5c4)cc3)c3ccc4c(c3)oc3ccccc34)ccc2-c2c1ccc1c2sc2ccccc21. The molecule has 1 aliphatic heterocycles. The van der Waals surface area contributed by atoms with Gasteiger partial charge in [-0.1, -0.05) is 116 Å². The molecule has 0 unspecified atom stereocenters. The van der Waals surface area contributed by atoms with E-state index < -0.39 is 8.07 Å². The van der Waals surface area contributed by atoms with Gasteiger partial charge in [-0.15, -0.1) is 11.3 Å². The fourth-order valence-corrected chi connectivity index (χ4v) is 13.0. The summed E-state index contributed by atoms with van der Waals surface area (Å²) in [6.45, 7) is 5.04. The number of para-hydroxylation sites is 1. The molecular formula is C48H33NOSSi. The van der Waals surface area contributed by atoms with E-state index >= 15 is 0 Å². The lowest BCUT2D eigenvalue weighted by atomic mass is 10.0. The van der Waals surface area contributed by atoms with E-state index in [1.165, 1.54) is 63.6 Å². The van der Waals surface area contributed by atoms with Crippen LogP contribution in [-0.4, -0.2) is 8.07 Å². The summed E-state index contributed by atoms with van der Waals surface area (Å²) >= 11 is 1.94. The lowest BCUT2D eigenvalue weighted by Crippen LogP contribution is -2.49. The zero-order chi connectivity index (χ0) is 34.6. The first-order chi connectivity index (χ1) is 25.5. The molecule has 1 aliphatic rings. The van der Waals surface area contributed by atoms with Crippen LogP contribution in [-0.2, 0) is 0 Å². The van der Waals surface area contributed by atoms with Crippen molar-refractivity contribution in [3.63, 3.8) is 0 Å². The highest BCUT2D eigenvalue weighted by Gasteiger charge is 2.39. The van der Waals surface area contributed by atoms with Gasteiger partial charge in [0, 0.05) is 54.1 Å². The van der Waals surface area contributed by atoms with Crippen LogP contribution in [0.2, 0.25) is 13.1 Å². The van der Waals surface area contributed by atoms with Crippen LogP contribution < -0.4 is 15.3 Å². The summed E-state index contributed by atoms with van der Waals surface area (Å²) in [6.07, 6.45) is 0. The van der Waals surface area contributed by atoms with Crippen molar-refractivity contribution in [2.75, 3.05) is 4.90 Å². The fourth-order valence-electron chi connectivity index (χ4n) is 8.60. The first-order valence-electron chi connectivity index (χ1n) is 17.9. The molecule has 0 amide bonds. The monoisotopic (exact) mass is 699 g/mol. The highest BCUT2D eigenvalue weighted by atomic mass is 32.1. The molecule has 0 fully saturated rings. The quantitative estimate of drug-likeness (QED) is 0.170. The Morgan fingerprint density at radius 3 is 2.04 bits per heavy atom. The van der Waals surface area contributed by atoms with Crippen molar-refractivity contribution in [2.45, 2.75) is 13.1 Å². The van der Waals surface area contributed by atoms with Gasteiger partial charge in [-0.05, 0) is 98.0 Å². The maximum Gasteiger partial charge on any atom is 0.137 e. The Bertz CT molecular complexity index is 3060. The number of hydrogen-bond donors (Lipinski definition) is 0. The molecule has 246 valence electrons. The van der Waals surface area contributed by atoms with E-state index in [1.807, 2.05) is 17.4 Å². The van der Waals surface area contributed by atoms with E-state index in [1.54, 1.807) is 0 Å². The Labute approximate surface area is 306 Å². The van der Waals surface area contributed by atoms with Crippen molar-refractivity contribution < 1.29 is 4.42 Å². The van der Waals surface area contributed by atoms with Crippen LogP contribution in [0.1, 0.15) is 0 Å². The predicted octanol–water partition coefficient (Wildman–Crippen LogP) is 13.0. The molecule has 0 spiro atoms. The zero-order valence-corrected chi connectivity index (χ0v) is 30.7. The molecule has 0 atom stereocenters. The molecule has 3 heterocycles. The maximum absolute atomic E-state index is 6.42. The molecule has 2 aromatic heterocycles. The normalized spacial score (nSPS) is 13.3. The summed E-state index contributed by atoms with van der Waals surface area (Å²) in [6, 6.07) is 60.2. The largest absolute Gasteiger partial charge is 0.456 e. The van der Waals surface area contributed by atoms with E-state index in [0.29, 0.717) is 0 Å².